The Bertz CT molecular complexity index is 982. The van der Waals surface area contributed by atoms with E-state index in [0.717, 1.165) is 5.56 Å². The fourth-order valence-electron chi connectivity index (χ4n) is 3.27. The summed E-state index contributed by atoms with van der Waals surface area (Å²) in [6.45, 7) is 0.700. The molecule has 0 aromatic heterocycles. The molecule has 1 amide bonds. The van der Waals surface area contributed by atoms with Gasteiger partial charge in [-0.2, -0.15) is 4.31 Å². The molecule has 0 radical (unpaired) electrons. The van der Waals surface area contributed by atoms with Gasteiger partial charge in [-0.05, 0) is 48.7 Å². The quantitative estimate of drug-likeness (QED) is 0.748. The lowest BCUT2D eigenvalue weighted by Crippen LogP contribution is -2.45. The van der Waals surface area contributed by atoms with Gasteiger partial charge < -0.3 is 10.1 Å². The van der Waals surface area contributed by atoms with Crippen molar-refractivity contribution in [1.82, 2.24) is 9.62 Å². The first-order valence-electron chi connectivity index (χ1n) is 9.17. The number of ether oxygens (including phenoxy) is 1. The standard InChI is InChI=1S/C20H22ClFN2O4S/c1-28-19-9-8-17(11-18(19)21)29(26,27)24-10-2-3-15(13-24)20(25)23-12-14-4-6-16(22)7-5-14/h4-9,11,15H,2-3,10,12-13H2,1H3,(H,23,25)/t15-/m0/s1. The van der Waals surface area contributed by atoms with Gasteiger partial charge in [0.05, 0.1) is 22.9 Å². The fourth-order valence-corrected chi connectivity index (χ4v) is 5.14. The number of carbonyl (C=O) groups excluding carboxylic acids is 1. The van der Waals surface area contributed by atoms with Crippen molar-refractivity contribution in [2.24, 2.45) is 5.92 Å². The molecule has 0 spiro atoms. The predicted molar refractivity (Wildman–Crippen MR) is 108 cm³/mol. The van der Waals surface area contributed by atoms with Crippen LogP contribution in [0.25, 0.3) is 0 Å². The molecule has 9 heteroatoms. The van der Waals surface area contributed by atoms with Crippen molar-refractivity contribution < 1.29 is 22.3 Å². The van der Waals surface area contributed by atoms with Gasteiger partial charge in [0.25, 0.3) is 0 Å². The van der Waals surface area contributed by atoms with Gasteiger partial charge >= 0.3 is 0 Å². The minimum Gasteiger partial charge on any atom is -0.495 e. The summed E-state index contributed by atoms with van der Waals surface area (Å²) in [6.07, 6.45) is 1.18. The Labute approximate surface area is 174 Å². The van der Waals surface area contributed by atoms with Gasteiger partial charge in [-0.3, -0.25) is 4.79 Å². The SMILES string of the molecule is COc1ccc(S(=O)(=O)N2CCC[C@H](C(=O)NCc3ccc(F)cc3)C2)cc1Cl. The smallest absolute Gasteiger partial charge is 0.243 e. The maximum absolute atomic E-state index is 13.0. The second-order valence-electron chi connectivity index (χ2n) is 6.84. The van der Waals surface area contributed by atoms with Gasteiger partial charge in [-0.15, -0.1) is 0 Å². The Morgan fingerprint density at radius 2 is 2.00 bits per heavy atom. The molecule has 0 saturated carbocycles. The summed E-state index contributed by atoms with van der Waals surface area (Å²) in [4.78, 5) is 12.6. The number of amides is 1. The summed E-state index contributed by atoms with van der Waals surface area (Å²) >= 11 is 6.07. The number of hydrogen-bond acceptors (Lipinski definition) is 4. The van der Waals surface area contributed by atoms with Crippen LogP contribution in [0.2, 0.25) is 5.02 Å². The van der Waals surface area contributed by atoms with Gasteiger partial charge in [0.1, 0.15) is 11.6 Å². The minimum atomic E-state index is -3.78. The van der Waals surface area contributed by atoms with Crippen LogP contribution in [0.5, 0.6) is 5.75 Å². The van der Waals surface area contributed by atoms with E-state index in [-0.39, 0.29) is 34.7 Å². The lowest BCUT2D eigenvalue weighted by molar-refractivity contribution is -0.126. The van der Waals surface area contributed by atoms with Crippen molar-refractivity contribution in [3.8, 4) is 5.75 Å². The molecule has 29 heavy (non-hydrogen) atoms. The molecule has 1 N–H and O–H groups in total. The molecule has 1 aliphatic heterocycles. The first-order valence-corrected chi connectivity index (χ1v) is 11.0. The molecule has 0 unspecified atom stereocenters. The summed E-state index contributed by atoms with van der Waals surface area (Å²) in [5.74, 6) is -0.621. The number of carbonyl (C=O) groups is 1. The Kier molecular flexibility index (Phi) is 6.77. The second-order valence-corrected chi connectivity index (χ2v) is 9.19. The van der Waals surface area contributed by atoms with E-state index < -0.39 is 15.9 Å². The molecule has 0 bridgehead atoms. The lowest BCUT2D eigenvalue weighted by Gasteiger charge is -2.31. The number of benzene rings is 2. The molecular weight excluding hydrogens is 419 g/mol. The van der Waals surface area contributed by atoms with Crippen LogP contribution in [0.1, 0.15) is 18.4 Å². The van der Waals surface area contributed by atoms with Crippen LogP contribution in [0.15, 0.2) is 47.4 Å². The molecule has 1 saturated heterocycles. The van der Waals surface area contributed by atoms with Crippen LogP contribution in [0.3, 0.4) is 0 Å². The maximum atomic E-state index is 13.0. The zero-order valence-corrected chi connectivity index (χ0v) is 17.5. The average molecular weight is 441 g/mol. The second kappa shape index (κ2) is 9.11. The number of sulfonamides is 1. The lowest BCUT2D eigenvalue weighted by atomic mass is 9.99. The average Bonchev–Trinajstić information content (AvgIpc) is 2.73. The summed E-state index contributed by atoms with van der Waals surface area (Å²) in [7, 11) is -2.32. The van der Waals surface area contributed by atoms with E-state index in [2.05, 4.69) is 5.32 Å². The molecular formula is C20H22ClFN2O4S. The van der Waals surface area contributed by atoms with E-state index in [1.54, 1.807) is 12.1 Å². The zero-order valence-electron chi connectivity index (χ0n) is 15.9. The first kappa shape index (κ1) is 21.5. The Balaban J connectivity index is 1.66. The van der Waals surface area contributed by atoms with E-state index in [0.29, 0.717) is 25.1 Å². The van der Waals surface area contributed by atoms with E-state index in [4.69, 9.17) is 16.3 Å². The van der Waals surface area contributed by atoms with Crippen molar-refractivity contribution >= 4 is 27.5 Å². The third-order valence-electron chi connectivity index (χ3n) is 4.90. The summed E-state index contributed by atoms with van der Waals surface area (Å²) in [5, 5.41) is 3.01. The van der Waals surface area contributed by atoms with Gasteiger partial charge in [-0.1, -0.05) is 23.7 Å². The molecule has 3 rings (SSSR count). The van der Waals surface area contributed by atoms with Gasteiger partial charge in [0, 0.05) is 19.6 Å². The van der Waals surface area contributed by atoms with Crippen molar-refractivity contribution in [1.29, 1.82) is 0 Å². The molecule has 2 aromatic rings. The highest BCUT2D eigenvalue weighted by atomic mass is 35.5. The Hall–Kier alpha value is -2.16. The molecule has 156 valence electrons. The number of halogens is 2. The maximum Gasteiger partial charge on any atom is 0.243 e. The van der Waals surface area contributed by atoms with Gasteiger partial charge in [-0.25, -0.2) is 12.8 Å². The van der Waals surface area contributed by atoms with Crippen molar-refractivity contribution in [2.45, 2.75) is 24.3 Å². The highest BCUT2D eigenvalue weighted by Gasteiger charge is 2.33. The van der Waals surface area contributed by atoms with E-state index >= 15 is 0 Å². The summed E-state index contributed by atoms with van der Waals surface area (Å²) < 4.78 is 45.3. The van der Waals surface area contributed by atoms with Crippen molar-refractivity contribution in [3.63, 3.8) is 0 Å². The van der Waals surface area contributed by atoms with E-state index in [1.807, 2.05) is 0 Å². The Morgan fingerprint density at radius 3 is 2.66 bits per heavy atom. The number of rotatable bonds is 6. The topological polar surface area (TPSA) is 75.7 Å². The third kappa shape index (κ3) is 5.07. The van der Waals surface area contributed by atoms with Crippen LogP contribution in [-0.2, 0) is 21.4 Å². The van der Waals surface area contributed by atoms with Gasteiger partial charge in [0.15, 0.2) is 0 Å². The molecule has 1 fully saturated rings. The monoisotopic (exact) mass is 440 g/mol. The third-order valence-corrected chi connectivity index (χ3v) is 7.05. The van der Waals surface area contributed by atoms with Crippen molar-refractivity contribution in [3.05, 3.63) is 58.9 Å². The van der Waals surface area contributed by atoms with E-state index in [9.17, 15) is 17.6 Å². The molecule has 6 nitrogen and oxygen atoms in total. The molecule has 0 aliphatic carbocycles. The fraction of sp³-hybridized carbons (Fsp3) is 0.350. The number of methoxy groups -OCH3 is 1. The molecule has 2 aromatic carbocycles. The normalized spacial score (nSPS) is 17.7. The van der Waals surface area contributed by atoms with E-state index in [1.165, 1.54) is 41.7 Å². The van der Waals surface area contributed by atoms with Crippen LogP contribution in [0.4, 0.5) is 4.39 Å². The molecule has 1 aliphatic rings. The molecule has 1 heterocycles. The number of nitrogens with one attached hydrogen (secondary N) is 1. The summed E-state index contributed by atoms with van der Waals surface area (Å²) in [5.41, 5.74) is 0.771. The minimum absolute atomic E-state index is 0.0654. The highest BCUT2D eigenvalue weighted by molar-refractivity contribution is 7.89. The number of hydrogen-bond donors (Lipinski definition) is 1. The number of piperidine rings is 1. The van der Waals surface area contributed by atoms with Crippen LogP contribution < -0.4 is 10.1 Å². The van der Waals surface area contributed by atoms with Crippen LogP contribution in [-0.4, -0.2) is 38.8 Å². The van der Waals surface area contributed by atoms with Crippen LogP contribution in [0, 0.1) is 11.7 Å². The zero-order chi connectivity index (χ0) is 21.0. The number of nitrogens with zero attached hydrogens (tertiary/aromatic N) is 1. The highest BCUT2D eigenvalue weighted by Crippen LogP contribution is 2.30. The first-order chi connectivity index (χ1) is 13.8. The predicted octanol–water partition coefficient (Wildman–Crippen LogP) is 3.20. The molecule has 1 atom stereocenters. The van der Waals surface area contributed by atoms with Crippen molar-refractivity contribution in [2.75, 3.05) is 20.2 Å². The van der Waals surface area contributed by atoms with Gasteiger partial charge in [0.2, 0.25) is 15.9 Å². The van der Waals surface area contributed by atoms with Crippen LogP contribution >= 0.6 is 11.6 Å². The summed E-state index contributed by atoms with van der Waals surface area (Å²) in [6, 6.07) is 10.2. The largest absolute Gasteiger partial charge is 0.495 e. The Morgan fingerprint density at radius 1 is 1.28 bits per heavy atom.